The van der Waals surface area contributed by atoms with E-state index < -0.39 is 0 Å². The van der Waals surface area contributed by atoms with Gasteiger partial charge >= 0.3 is 0 Å². The highest BCUT2D eigenvalue weighted by Gasteiger charge is 2.25. The molecule has 1 fully saturated rings. The number of hydrogen-bond acceptors (Lipinski definition) is 4. The van der Waals surface area contributed by atoms with E-state index in [9.17, 15) is 4.79 Å². The van der Waals surface area contributed by atoms with E-state index in [4.69, 9.17) is 10.5 Å². The number of morpholine rings is 1. The number of nitrogens with zero attached hydrogens (tertiary/aromatic N) is 1. The third-order valence-corrected chi connectivity index (χ3v) is 3.97. The third-order valence-electron chi connectivity index (χ3n) is 3.97. The fourth-order valence-electron chi connectivity index (χ4n) is 2.72. The highest BCUT2D eigenvalue weighted by atomic mass is 16.5. The van der Waals surface area contributed by atoms with Gasteiger partial charge in [0.15, 0.2) is 0 Å². The molecule has 1 aliphatic rings. The lowest BCUT2D eigenvalue weighted by atomic mass is 10.1. The Morgan fingerprint density at radius 3 is 2.67 bits per heavy atom. The van der Waals surface area contributed by atoms with Gasteiger partial charge in [-0.3, -0.25) is 9.69 Å². The van der Waals surface area contributed by atoms with Gasteiger partial charge in [0.05, 0.1) is 19.3 Å². The Hall–Kier alpha value is -1.59. The molecular weight excluding hydrogens is 266 g/mol. The van der Waals surface area contributed by atoms with Crippen LogP contribution in [-0.2, 0) is 16.0 Å². The molecule has 1 aromatic carbocycles. The molecule has 0 bridgehead atoms. The summed E-state index contributed by atoms with van der Waals surface area (Å²) in [6, 6.07) is 5.61. The third kappa shape index (κ3) is 3.95. The number of carbonyl (C=O) groups is 1. The minimum absolute atomic E-state index is 0.0306. The van der Waals surface area contributed by atoms with Crippen LogP contribution in [0, 0.1) is 0 Å². The van der Waals surface area contributed by atoms with Crippen molar-refractivity contribution in [2.24, 2.45) is 0 Å². The first-order valence-corrected chi connectivity index (χ1v) is 7.66. The Labute approximate surface area is 126 Å². The molecule has 5 nitrogen and oxygen atoms in total. The number of rotatable bonds is 5. The molecule has 1 aromatic rings. The topological polar surface area (TPSA) is 67.6 Å². The molecular formula is C16H25N3O2. The second kappa shape index (κ2) is 7.43. The highest BCUT2D eigenvalue weighted by molar-refractivity contribution is 5.95. The van der Waals surface area contributed by atoms with Gasteiger partial charge in [-0.15, -0.1) is 0 Å². The maximum atomic E-state index is 12.5. The van der Waals surface area contributed by atoms with Gasteiger partial charge in [0.25, 0.3) is 0 Å². The van der Waals surface area contributed by atoms with Crippen LogP contribution >= 0.6 is 0 Å². The number of anilines is 2. The van der Waals surface area contributed by atoms with Gasteiger partial charge < -0.3 is 15.8 Å². The molecule has 1 unspecified atom stereocenters. The largest absolute Gasteiger partial charge is 0.398 e. The standard InChI is InChI=1S/C16H25N3O2/c1-3-12-5-6-13(11-14(12)17)18-16(20)15(4-2)19-7-9-21-10-8-19/h5-6,11,15H,3-4,7-10,17H2,1-2H3,(H,18,20). The lowest BCUT2D eigenvalue weighted by molar-refractivity contribution is -0.123. The summed E-state index contributed by atoms with van der Waals surface area (Å²) in [7, 11) is 0. The normalized spacial score (nSPS) is 17.4. The van der Waals surface area contributed by atoms with E-state index in [1.807, 2.05) is 25.1 Å². The number of hydrogen-bond donors (Lipinski definition) is 2. The first-order valence-electron chi connectivity index (χ1n) is 7.66. The zero-order chi connectivity index (χ0) is 15.2. The first kappa shape index (κ1) is 15.8. The molecule has 0 saturated carbocycles. The number of ether oxygens (including phenoxy) is 1. The number of benzene rings is 1. The molecule has 5 heteroatoms. The molecule has 2 rings (SSSR count). The predicted molar refractivity (Wildman–Crippen MR) is 85.3 cm³/mol. The van der Waals surface area contributed by atoms with Crippen molar-refractivity contribution in [3.63, 3.8) is 0 Å². The van der Waals surface area contributed by atoms with Crippen molar-refractivity contribution in [1.29, 1.82) is 0 Å². The summed E-state index contributed by atoms with van der Waals surface area (Å²) < 4.78 is 5.34. The Kier molecular flexibility index (Phi) is 5.59. The minimum Gasteiger partial charge on any atom is -0.398 e. The molecule has 116 valence electrons. The van der Waals surface area contributed by atoms with E-state index in [-0.39, 0.29) is 11.9 Å². The van der Waals surface area contributed by atoms with E-state index in [1.54, 1.807) is 0 Å². The van der Waals surface area contributed by atoms with Crippen molar-refractivity contribution in [3.8, 4) is 0 Å². The molecule has 1 heterocycles. The lowest BCUT2D eigenvalue weighted by Gasteiger charge is -2.33. The summed E-state index contributed by atoms with van der Waals surface area (Å²) in [6.45, 7) is 7.11. The van der Waals surface area contributed by atoms with Gasteiger partial charge in [0, 0.05) is 24.5 Å². The Balaban J connectivity index is 2.03. The second-order valence-electron chi connectivity index (χ2n) is 5.33. The minimum atomic E-state index is -0.110. The Morgan fingerprint density at radius 1 is 1.38 bits per heavy atom. The molecule has 0 spiro atoms. The summed E-state index contributed by atoms with van der Waals surface area (Å²) in [5, 5.41) is 2.98. The maximum Gasteiger partial charge on any atom is 0.241 e. The molecule has 21 heavy (non-hydrogen) atoms. The van der Waals surface area contributed by atoms with Gasteiger partial charge in [-0.2, -0.15) is 0 Å². The van der Waals surface area contributed by atoms with E-state index in [2.05, 4.69) is 17.1 Å². The van der Waals surface area contributed by atoms with Gasteiger partial charge in [-0.1, -0.05) is 19.9 Å². The summed E-state index contributed by atoms with van der Waals surface area (Å²) in [5.74, 6) is 0.0306. The smallest absolute Gasteiger partial charge is 0.241 e. The van der Waals surface area contributed by atoms with Crippen molar-refractivity contribution in [2.75, 3.05) is 37.4 Å². The van der Waals surface area contributed by atoms with E-state index >= 15 is 0 Å². The average molecular weight is 291 g/mol. The van der Waals surface area contributed by atoms with E-state index in [1.165, 1.54) is 0 Å². The number of aryl methyl sites for hydroxylation is 1. The molecule has 0 radical (unpaired) electrons. The second-order valence-corrected chi connectivity index (χ2v) is 5.33. The van der Waals surface area contributed by atoms with Crippen LogP contribution in [0.15, 0.2) is 18.2 Å². The molecule has 1 atom stereocenters. The monoisotopic (exact) mass is 291 g/mol. The number of nitrogens with one attached hydrogen (secondary N) is 1. The van der Waals surface area contributed by atoms with E-state index in [0.29, 0.717) is 13.2 Å². The van der Waals surface area contributed by atoms with Crippen LogP contribution in [0.1, 0.15) is 25.8 Å². The zero-order valence-corrected chi connectivity index (χ0v) is 12.9. The van der Waals surface area contributed by atoms with Crippen LogP contribution in [-0.4, -0.2) is 43.2 Å². The van der Waals surface area contributed by atoms with Gasteiger partial charge in [-0.25, -0.2) is 0 Å². The van der Waals surface area contributed by atoms with Crippen LogP contribution in [0.5, 0.6) is 0 Å². The van der Waals surface area contributed by atoms with Crippen LogP contribution < -0.4 is 11.1 Å². The number of nitrogens with two attached hydrogens (primary N) is 1. The van der Waals surface area contributed by atoms with Gasteiger partial charge in [-0.05, 0) is 30.5 Å². The molecule has 1 amide bonds. The first-order chi connectivity index (χ1) is 10.2. The Bertz CT molecular complexity index is 484. The number of amides is 1. The van der Waals surface area contributed by atoms with Crippen LogP contribution in [0.3, 0.4) is 0 Å². The zero-order valence-electron chi connectivity index (χ0n) is 12.9. The highest BCUT2D eigenvalue weighted by Crippen LogP contribution is 2.19. The molecule has 1 saturated heterocycles. The average Bonchev–Trinajstić information content (AvgIpc) is 2.49. The van der Waals surface area contributed by atoms with Crippen molar-refractivity contribution < 1.29 is 9.53 Å². The van der Waals surface area contributed by atoms with Crippen LogP contribution in [0.25, 0.3) is 0 Å². The maximum absolute atomic E-state index is 12.5. The lowest BCUT2D eigenvalue weighted by Crippen LogP contribution is -2.48. The van der Waals surface area contributed by atoms with Crippen molar-refractivity contribution in [2.45, 2.75) is 32.7 Å². The quantitative estimate of drug-likeness (QED) is 0.813. The van der Waals surface area contributed by atoms with Crippen LogP contribution in [0.4, 0.5) is 11.4 Å². The summed E-state index contributed by atoms with van der Waals surface area (Å²) in [5.41, 5.74) is 8.58. The summed E-state index contributed by atoms with van der Waals surface area (Å²) in [4.78, 5) is 14.7. The predicted octanol–water partition coefficient (Wildman–Crippen LogP) is 1.88. The summed E-state index contributed by atoms with van der Waals surface area (Å²) >= 11 is 0. The number of carbonyl (C=O) groups excluding carboxylic acids is 1. The molecule has 0 aliphatic carbocycles. The molecule has 0 aromatic heterocycles. The van der Waals surface area contributed by atoms with Crippen LogP contribution in [0.2, 0.25) is 0 Å². The van der Waals surface area contributed by atoms with E-state index in [0.717, 1.165) is 42.9 Å². The van der Waals surface area contributed by atoms with Gasteiger partial charge in [0.1, 0.15) is 0 Å². The Morgan fingerprint density at radius 2 is 2.10 bits per heavy atom. The number of nitrogen functional groups attached to an aromatic ring is 1. The van der Waals surface area contributed by atoms with Crippen molar-refractivity contribution in [1.82, 2.24) is 4.90 Å². The molecule has 1 aliphatic heterocycles. The molecule has 3 N–H and O–H groups in total. The SMILES string of the molecule is CCc1ccc(NC(=O)C(CC)N2CCOCC2)cc1N. The summed E-state index contributed by atoms with van der Waals surface area (Å²) in [6.07, 6.45) is 1.68. The van der Waals surface area contributed by atoms with Gasteiger partial charge in [0.2, 0.25) is 5.91 Å². The fourth-order valence-corrected chi connectivity index (χ4v) is 2.72. The fraction of sp³-hybridized carbons (Fsp3) is 0.562. The van der Waals surface area contributed by atoms with Crippen molar-refractivity contribution >= 4 is 17.3 Å². The van der Waals surface area contributed by atoms with Crippen molar-refractivity contribution in [3.05, 3.63) is 23.8 Å².